The molecular formula is C11H18ClN3. The fraction of sp³-hybridized carbons (Fsp3) is 0.545. The first-order valence-electron chi connectivity index (χ1n) is 5.22. The molecule has 84 valence electrons. The third-order valence-corrected chi connectivity index (χ3v) is 2.89. The van der Waals surface area contributed by atoms with E-state index in [4.69, 9.17) is 0 Å². The van der Waals surface area contributed by atoms with Crippen LogP contribution < -0.4 is 5.32 Å². The fourth-order valence-corrected chi connectivity index (χ4v) is 1.92. The number of hydrogen-bond acceptors (Lipinski definition) is 3. The Morgan fingerprint density at radius 2 is 1.87 bits per heavy atom. The maximum atomic E-state index is 4.04. The second-order valence-corrected chi connectivity index (χ2v) is 3.74. The first kappa shape index (κ1) is 12.4. The zero-order valence-corrected chi connectivity index (χ0v) is 9.83. The minimum absolute atomic E-state index is 0. The van der Waals surface area contributed by atoms with Crippen LogP contribution in [0, 0.1) is 0 Å². The van der Waals surface area contributed by atoms with Gasteiger partial charge in [-0.2, -0.15) is 0 Å². The average molecular weight is 228 g/mol. The highest BCUT2D eigenvalue weighted by molar-refractivity contribution is 5.85. The molecule has 1 aromatic heterocycles. The van der Waals surface area contributed by atoms with Crippen LogP contribution in [0.3, 0.4) is 0 Å². The summed E-state index contributed by atoms with van der Waals surface area (Å²) >= 11 is 0. The molecule has 1 aliphatic heterocycles. The van der Waals surface area contributed by atoms with Gasteiger partial charge in [-0.15, -0.1) is 12.4 Å². The molecule has 1 fully saturated rings. The molecular weight excluding hydrogens is 210 g/mol. The van der Waals surface area contributed by atoms with Crippen molar-refractivity contribution in [3.63, 3.8) is 0 Å². The topological polar surface area (TPSA) is 28.2 Å². The van der Waals surface area contributed by atoms with Gasteiger partial charge < -0.3 is 5.32 Å². The summed E-state index contributed by atoms with van der Waals surface area (Å²) in [4.78, 5) is 6.55. The fourth-order valence-electron chi connectivity index (χ4n) is 1.92. The minimum atomic E-state index is 0. The molecule has 2 rings (SSSR count). The average Bonchev–Trinajstić information content (AvgIpc) is 2.30. The van der Waals surface area contributed by atoms with Crippen molar-refractivity contribution in [1.29, 1.82) is 0 Å². The van der Waals surface area contributed by atoms with Crippen LogP contribution in [0.1, 0.15) is 18.5 Å². The molecule has 0 aliphatic carbocycles. The summed E-state index contributed by atoms with van der Waals surface area (Å²) in [6, 6.07) is 4.72. The van der Waals surface area contributed by atoms with Gasteiger partial charge in [0.1, 0.15) is 0 Å². The maximum absolute atomic E-state index is 4.04. The molecule has 1 atom stereocenters. The van der Waals surface area contributed by atoms with Crippen molar-refractivity contribution in [2.24, 2.45) is 0 Å². The van der Waals surface area contributed by atoms with E-state index in [0.29, 0.717) is 6.04 Å². The number of pyridine rings is 1. The zero-order chi connectivity index (χ0) is 9.80. The van der Waals surface area contributed by atoms with E-state index in [1.165, 1.54) is 5.56 Å². The Balaban J connectivity index is 0.00000112. The number of nitrogens with zero attached hydrogens (tertiary/aromatic N) is 2. The third kappa shape index (κ3) is 3.16. The number of rotatable bonds is 2. The number of aromatic nitrogens is 1. The van der Waals surface area contributed by atoms with E-state index in [9.17, 15) is 0 Å². The molecule has 1 unspecified atom stereocenters. The molecule has 0 amide bonds. The Morgan fingerprint density at radius 3 is 2.47 bits per heavy atom. The Labute approximate surface area is 97.3 Å². The quantitative estimate of drug-likeness (QED) is 0.830. The van der Waals surface area contributed by atoms with Gasteiger partial charge in [0.15, 0.2) is 0 Å². The molecule has 15 heavy (non-hydrogen) atoms. The van der Waals surface area contributed by atoms with E-state index in [2.05, 4.69) is 34.3 Å². The van der Waals surface area contributed by atoms with Gasteiger partial charge in [0.25, 0.3) is 0 Å². The van der Waals surface area contributed by atoms with Crippen LogP contribution in [-0.4, -0.2) is 36.1 Å². The summed E-state index contributed by atoms with van der Waals surface area (Å²) in [5.41, 5.74) is 1.36. The normalized spacial score (nSPS) is 19.3. The van der Waals surface area contributed by atoms with Crippen LogP contribution in [0.15, 0.2) is 24.5 Å². The molecule has 0 aromatic carbocycles. The summed E-state index contributed by atoms with van der Waals surface area (Å²) in [6.45, 7) is 6.76. The molecule has 3 nitrogen and oxygen atoms in total. The van der Waals surface area contributed by atoms with Crippen LogP contribution in [-0.2, 0) is 0 Å². The predicted octanol–water partition coefficient (Wildman–Crippen LogP) is 1.47. The van der Waals surface area contributed by atoms with Crippen molar-refractivity contribution in [3.8, 4) is 0 Å². The van der Waals surface area contributed by atoms with E-state index >= 15 is 0 Å². The zero-order valence-electron chi connectivity index (χ0n) is 9.02. The third-order valence-electron chi connectivity index (χ3n) is 2.89. The van der Waals surface area contributed by atoms with Gasteiger partial charge >= 0.3 is 0 Å². The second-order valence-electron chi connectivity index (χ2n) is 3.74. The first-order chi connectivity index (χ1) is 6.88. The molecule has 2 heterocycles. The van der Waals surface area contributed by atoms with Gasteiger partial charge in [-0.3, -0.25) is 9.88 Å². The van der Waals surface area contributed by atoms with Gasteiger partial charge in [0.2, 0.25) is 0 Å². The maximum Gasteiger partial charge on any atom is 0.0322 e. The van der Waals surface area contributed by atoms with E-state index in [1.807, 2.05) is 12.4 Å². The summed E-state index contributed by atoms with van der Waals surface area (Å²) < 4.78 is 0. The number of halogens is 1. The predicted molar refractivity (Wildman–Crippen MR) is 64.3 cm³/mol. The highest BCUT2D eigenvalue weighted by Gasteiger charge is 2.17. The van der Waals surface area contributed by atoms with Gasteiger partial charge in [-0.25, -0.2) is 0 Å². The van der Waals surface area contributed by atoms with Gasteiger partial charge in [-0.1, -0.05) is 0 Å². The molecule has 1 N–H and O–H groups in total. The number of hydrogen-bond donors (Lipinski definition) is 1. The molecule has 0 spiro atoms. The Hall–Kier alpha value is -0.640. The largest absolute Gasteiger partial charge is 0.314 e. The highest BCUT2D eigenvalue weighted by Crippen LogP contribution is 2.18. The minimum Gasteiger partial charge on any atom is -0.314 e. The van der Waals surface area contributed by atoms with Crippen molar-refractivity contribution >= 4 is 12.4 Å². The van der Waals surface area contributed by atoms with E-state index in [0.717, 1.165) is 26.2 Å². The number of nitrogens with one attached hydrogen (secondary N) is 1. The highest BCUT2D eigenvalue weighted by atomic mass is 35.5. The lowest BCUT2D eigenvalue weighted by Crippen LogP contribution is -2.44. The molecule has 0 saturated carbocycles. The molecule has 1 aliphatic rings. The van der Waals surface area contributed by atoms with Crippen LogP contribution in [0.4, 0.5) is 0 Å². The van der Waals surface area contributed by atoms with Gasteiger partial charge in [-0.05, 0) is 24.6 Å². The van der Waals surface area contributed by atoms with Crippen molar-refractivity contribution in [2.75, 3.05) is 26.2 Å². The summed E-state index contributed by atoms with van der Waals surface area (Å²) in [7, 11) is 0. The second kappa shape index (κ2) is 6.05. The Morgan fingerprint density at radius 1 is 1.27 bits per heavy atom. The van der Waals surface area contributed by atoms with Crippen LogP contribution in [0.25, 0.3) is 0 Å². The lowest BCUT2D eigenvalue weighted by atomic mass is 10.1. The van der Waals surface area contributed by atoms with E-state index in [-0.39, 0.29) is 12.4 Å². The van der Waals surface area contributed by atoms with E-state index < -0.39 is 0 Å². The Kier molecular flexibility index (Phi) is 5.02. The lowest BCUT2D eigenvalue weighted by molar-refractivity contribution is 0.185. The van der Waals surface area contributed by atoms with Crippen molar-refractivity contribution in [1.82, 2.24) is 15.2 Å². The standard InChI is InChI=1S/C11H17N3.ClH/c1-10(11-2-4-12-5-3-11)14-8-6-13-7-9-14;/h2-5,10,13H,6-9H2,1H3;1H. The van der Waals surface area contributed by atoms with Gasteiger partial charge in [0.05, 0.1) is 0 Å². The van der Waals surface area contributed by atoms with Crippen molar-refractivity contribution in [2.45, 2.75) is 13.0 Å². The SMILES string of the molecule is CC(c1ccncc1)N1CCNCC1.Cl. The number of piperazine rings is 1. The summed E-state index contributed by atoms with van der Waals surface area (Å²) in [5, 5.41) is 3.37. The summed E-state index contributed by atoms with van der Waals surface area (Å²) in [6.07, 6.45) is 3.74. The monoisotopic (exact) mass is 227 g/mol. The first-order valence-corrected chi connectivity index (χ1v) is 5.22. The van der Waals surface area contributed by atoms with Crippen LogP contribution >= 0.6 is 12.4 Å². The van der Waals surface area contributed by atoms with Crippen molar-refractivity contribution < 1.29 is 0 Å². The molecule has 1 aromatic rings. The smallest absolute Gasteiger partial charge is 0.0322 e. The lowest BCUT2D eigenvalue weighted by Gasteiger charge is -2.32. The molecule has 0 bridgehead atoms. The molecule has 1 saturated heterocycles. The summed E-state index contributed by atoms with van der Waals surface area (Å²) in [5.74, 6) is 0. The van der Waals surface area contributed by atoms with Crippen LogP contribution in [0.2, 0.25) is 0 Å². The molecule has 0 radical (unpaired) electrons. The van der Waals surface area contributed by atoms with Crippen LogP contribution in [0.5, 0.6) is 0 Å². The Bertz CT molecular complexity index is 272. The molecule has 4 heteroatoms. The van der Waals surface area contributed by atoms with Gasteiger partial charge in [0, 0.05) is 44.6 Å². The van der Waals surface area contributed by atoms with E-state index in [1.54, 1.807) is 0 Å². The van der Waals surface area contributed by atoms with Crippen molar-refractivity contribution in [3.05, 3.63) is 30.1 Å².